The SMILES string of the molecule is CC1CCC(Oc2ccc3c(c2)COC3=O)C1. The molecule has 3 rings (SSSR count). The van der Waals surface area contributed by atoms with Gasteiger partial charge in [0.2, 0.25) is 0 Å². The highest BCUT2D eigenvalue weighted by Crippen LogP contribution is 2.30. The van der Waals surface area contributed by atoms with Crippen LogP contribution in [0, 0.1) is 5.92 Å². The summed E-state index contributed by atoms with van der Waals surface area (Å²) in [6, 6.07) is 5.61. The highest BCUT2D eigenvalue weighted by atomic mass is 16.5. The van der Waals surface area contributed by atoms with Gasteiger partial charge in [0.25, 0.3) is 0 Å². The standard InChI is InChI=1S/C14H16O3/c1-9-2-3-11(6-9)17-12-4-5-13-10(7-12)8-16-14(13)15/h4-5,7,9,11H,2-3,6,8H2,1H3. The number of benzene rings is 1. The summed E-state index contributed by atoms with van der Waals surface area (Å²) in [5.41, 5.74) is 1.62. The molecule has 1 aliphatic heterocycles. The van der Waals surface area contributed by atoms with Gasteiger partial charge in [0.05, 0.1) is 11.7 Å². The van der Waals surface area contributed by atoms with Crippen LogP contribution in [0.15, 0.2) is 18.2 Å². The molecule has 0 amide bonds. The monoisotopic (exact) mass is 232 g/mol. The molecule has 2 unspecified atom stereocenters. The number of fused-ring (bicyclic) bond motifs is 1. The zero-order valence-corrected chi connectivity index (χ0v) is 9.94. The van der Waals surface area contributed by atoms with Gasteiger partial charge in [-0.25, -0.2) is 4.79 Å². The molecular weight excluding hydrogens is 216 g/mol. The fourth-order valence-corrected chi connectivity index (χ4v) is 2.64. The molecule has 0 saturated heterocycles. The summed E-state index contributed by atoms with van der Waals surface area (Å²) in [4.78, 5) is 11.3. The first-order valence-corrected chi connectivity index (χ1v) is 6.19. The van der Waals surface area contributed by atoms with Crippen LogP contribution in [0.2, 0.25) is 0 Å². The molecule has 1 heterocycles. The summed E-state index contributed by atoms with van der Waals surface area (Å²) in [6.07, 6.45) is 3.85. The van der Waals surface area contributed by atoms with Gasteiger partial charge in [0.15, 0.2) is 0 Å². The van der Waals surface area contributed by atoms with Gasteiger partial charge in [-0.05, 0) is 43.4 Å². The largest absolute Gasteiger partial charge is 0.490 e. The van der Waals surface area contributed by atoms with E-state index in [-0.39, 0.29) is 5.97 Å². The maximum absolute atomic E-state index is 11.3. The maximum Gasteiger partial charge on any atom is 0.338 e. The minimum Gasteiger partial charge on any atom is -0.490 e. The Hall–Kier alpha value is -1.51. The zero-order valence-electron chi connectivity index (χ0n) is 9.94. The predicted octanol–water partition coefficient (Wildman–Crippen LogP) is 2.92. The molecule has 3 nitrogen and oxygen atoms in total. The minimum absolute atomic E-state index is 0.221. The molecule has 3 heteroatoms. The first kappa shape index (κ1) is 10.6. The van der Waals surface area contributed by atoms with Gasteiger partial charge in [-0.15, -0.1) is 0 Å². The van der Waals surface area contributed by atoms with Crippen molar-refractivity contribution in [3.8, 4) is 5.75 Å². The van der Waals surface area contributed by atoms with Crippen LogP contribution in [0.4, 0.5) is 0 Å². The van der Waals surface area contributed by atoms with E-state index in [1.165, 1.54) is 6.42 Å². The molecule has 0 bridgehead atoms. The first-order valence-electron chi connectivity index (χ1n) is 6.19. The predicted molar refractivity (Wildman–Crippen MR) is 63.0 cm³/mol. The van der Waals surface area contributed by atoms with Crippen LogP contribution in [0.3, 0.4) is 0 Å². The van der Waals surface area contributed by atoms with E-state index < -0.39 is 0 Å². The molecule has 0 aromatic heterocycles. The van der Waals surface area contributed by atoms with Crippen molar-refractivity contribution >= 4 is 5.97 Å². The van der Waals surface area contributed by atoms with Crippen LogP contribution in [-0.4, -0.2) is 12.1 Å². The van der Waals surface area contributed by atoms with Crippen LogP contribution in [0.5, 0.6) is 5.75 Å². The van der Waals surface area contributed by atoms with Crippen molar-refractivity contribution in [1.82, 2.24) is 0 Å². The second kappa shape index (κ2) is 4.06. The summed E-state index contributed by atoms with van der Waals surface area (Å²) >= 11 is 0. The van der Waals surface area contributed by atoms with Gasteiger partial charge < -0.3 is 9.47 Å². The Bertz CT molecular complexity index is 453. The lowest BCUT2D eigenvalue weighted by Crippen LogP contribution is -2.11. The van der Waals surface area contributed by atoms with Crippen LogP contribution in [0.1, 0.15) is 42.1 Å². The second-order valence-electron chi connectivity index (χ2n) is 5.05. The number of carbonyl (C=O) groups excluding carboxylic acids is 1. The van der Waals surface area contributed by atoms with Gasteiger partial charge in [-0.3, -0.25) is 0 Å². The van der Waals surface area contributed by atoms with Crippen molar-refractivity contribution in [2.24, 2.45) is 5.92 Å². The van der Waals surface area contributed by atoms with Crippen LogP contribution in [0.25, 0.3) is 0 Å². The topological polar surface area (TPSA) is 35.5 Å². The van der Waals surface area contributed by atoms with Crippen LogP contribution in [-0.2, 0) is 11.3 Å². The third-order valence-electron chi connectivity index (χ3n) is 3.60. The lowest BCUT2D eigenvalue weighted by molar-refractivity contribution is 0.0535. The summed E-state index contributed by atoms with van der Waals surface area (Å²) in [5.74, 6) is 1.40. The van der Waals surface area contributed by atoms with E-state index in [0.29, 0.717) is 18.3 Å². The van der Waals surface area contributed by atoms with Crippen LogP contribution < -0.4 is 4.74 Å². The van der Waals surface area contributed by atoms with Gasteiger partial charge in [0, 0.05) is 5.56 Å². The molecule has 2 aliphatic rings. The Morgan fingerprint density at radius 1 is 1.35 bits per heavy atom. The van der Waals surface area contributed by atoms with E-state index in [1.807, 2.05) is 12.1 Å². The smallest absolute Gasteiger partial charge is 0.338 e. The quantitative estimate of drug-likeness (QED) is 0.735. The average Bonchev–Trinajstić information content (AvgIpc) is 2.87. The molecule has 17 heavy (non-hydrogen) atoms. The summed E-state index contributed by atoms with van der Waals surface area (Å²) in [7, 11) is 0. The molecule has 1 aromatic rings. The molecule has 0 radical (unpaired) electrons. The van der Waals surface area contributed by atoms with Crippen molar-refractivity contribution < 1.29 is 14.3 Å². The summed E-state index contributed by atoms with van der Waals surface area (Å²) in [5, 5.41) is 0. The van der Waals surface area contributed by atoms with Crippen molar-refractivity contribution in [2.75, 3.05) is 0 Å². The number of carbonyl (C=O) groups is 1. The van der Waals surface area contributed by atoms with E-state index in [9.17, 15) is 4.79 Å². The van der Waals surface area contributed by atoms with E-state index in [4.69, 9.17) is 9.47 Å². The van der Waals surface area contributed by atoms with Crippen LogP contribution >= 0.6 is 0 Å². The normalized spacial score (nSPS) is 26.8. The second-order valence-corrected chi connectivity index (χ2v) is 5.05. The summed E-state index contributed by atoms with van der Waals surface area (Å²) in [6.45, 7) is 2.64. The Morgan fingerprint density at radius 2 is 2.24 bits per heavy atom. The third kappa shape index (κ3) is 2.02. The van der Waals surface area contributed by atoms with Crippen molar-refractivity contribution in [3.63, 3.8) is 0 Å². The molecule has 0 N–H and O–H groups in total. The average molecular weight is 232 g/mol. The van der Waals surface area contributed by atoms with E-state index in [1.54, 1.807) is 6.07 Å². The van der Waals surface area contributed by atoms with E-state index in [0.717, 1.165) is 30.1 Å². The minimum atomic E-state index is -0.221. The molecule has 1 saturated carbocycles. The molecule has 1 fully saturated rings. The van der Waals surface area contributed by atoms with Crippen molar-refractivity contribution in [3.05, 3.63) is 29.3 Å². The van der Waals surface area contributed by atoms with Gasteiger partial charge in [0.1, 0.15) is 12.4 Å². The van der Waals surface area contributed by atoms with E-state index in [2.05, 4.69) is 6.92 Å². The molecule has 2 atom stereocenters. The molecule has 1 aliphatic carbocycles. The lowest BCUT2D eigenvalue weighted by atomic mass is 10.1. The van der Waals surface area contributed by atoms with E-state index >= 15 is 0 Å². The maximum atomic E-state index is 11.3. The number of esters is 1. The Morgan fingerprint density at radius 3 is 3.00 bits per heavy atom. The number of hydrogen-bond acceptors (Lipinski definition) is 3. The number of ether oxygens (including phenoxy) is 2. The highest BCUT2D eigenvalue weighted by Gasteiger charge is 2.25. The highest BCUT2D eigenvalue weighted by molar-refractivity contribution is 5.93. The van der Waals surface area contributed by atoms with Gasteiger partial charge in [-0.1, -0.05) is 6.92 Å². The first-order chi connectivity index (χ1) is 8.22. The molecule has 1 aromatic carbocycles. The Labute approximate surface area is 101 Å². The number of hydrogen-bond donors (Lipinski definition) is 0. The number of cyclic esters (lactones) is 1. The molecule has 0 spiro atoms. The molecule has 90 valence electrons. The van der Waals surface area contributed by atoms with Crippen molar-refractivity contribution in [2.45, 2.75) is 38.9 Å². The third-order valence-corrected chi connectivity index (χ3v) is 3.60. The fraction of sp³-hybridized carbons (Fsp3) is 0.500. The molecular formula is C14H16O3. The lowest BCUT2D eigenvalue weighted by Gasteiger charge is -2.13. The van der Waals surface area contributed by atoms with Crippen molar-refractivity contribution in [1.29, 1.82) is 0 Å². The summed E-state index contributed by atoms with van der Waals surface area (Å²) < 4.78 is 10.9. The zero-order chi connectivity index (χ0) is 11.8. The van der Waals surface area contributed by atoms with Gasteiger partial charge >= 0.3 is 5.97 Å². The number of rotatable bonds is 2. The Kier molecular flexibility index (Phi) is 2.54. The van der Waals surface area contributed by atoms with Gasteiger partial charge in [-0.2, -0.15) is 0 Å². The fourth-order valence-electron chi connectivity index (χ4n) is 2.64. The Balaban J connectivity index is 1.74.